The highest BCUT2D eigenvalue weighted by Gasteiger charge is 2.05. The summed E-state index contributed by atoms with van der Waals surface area (Å²) in [5.74, 6) is 6.69. The van der Waals surface area contributed by atoms with E-state index in [1.54, 1.807) is 23.1 Å². The van der Waals surface area contributed by atoms with Crippen LogP contribution in [0.4, 0.5) is 0 Å². The maximum absolute atomic E-state index is 5.87. The predicted octanol–water partition coefficient (Wildman–Crippen LogP) is 2.66. The molecular weight excluding hydrogens is 262 g/mol. The third-order valence-electron chi connectivity index (χ3n) is 2.24. The van der Waals surface area contributed by atoms with E-state index in [4.69, 9.17) is 16.3 Å². The molecule has 0 N–H and O–H groups in total. The Morgan fingerprint density at radius 1 is 1.32 bits per heavy atom. The lowest BCUT2D eigenvalue weighted by Crippen LogP contribution is -2.07. The molecule has 2 heterocycles. The van der Waals surface area contributed by atoms with Gasteiger partial charge >= 0.3 is 0 Å². The molecule has 0 spiro atoms. The summed E-state index contributed by atoms with van der Waals surface area (Å²) in [5, 5.41) is 4.45. The van der Waals surface area contributed by atoms with E-state index in [2.05, 4.69) is 21.9 Å². The minimum absolute atomic E-state index is 0.0532. The fourth-order valence-corrected chi connectivity index (χ4v) is 1.63. The van der Waals surface area contributed by atoms with Gasteiger partial charge in [-0.1, -0.05) is 23.4 Å². The zero-order valence-electron chi connectivity index (χ0n) is 11.0. The summed E-state index contributed by atoms with van der Waals surface area (Å²) in [6.07, 6.45) is 5.22. The molecule has 0 bridgehead atoms. The number of pyridine rings is 1. The van der Waals surface area contributed by atoms with E-state index in [1.165, 1.54) is 0 Å². The number of ether oxygens (including phenoxy) is 1. The highest BCUT2D eigenvalue weighted by molar-refractivity contribution is 6.29. The molecule has 98 valence electrons. The van der Waals surface area contributed by atoms with Crippen LogP contribution < -0.4 is 4.74 Å². The molecule has 2 rings (SSSR count). The lowest BCUT2D eigenvalue weighted by Gasteiger charge is -2.11. The topological polar surface area (TPSA) is 39.9 Å². The summed E-state index contributed by atoms with van der Waals surface area (Å²) in [6, 6.07) is 1.68. The molecule has 0 saturated carbocycles. The van der Waals surface area contributed by atoms with E-state index in [0.717, 1.165) is 5.56 Å². The van der Waals surface area contributed by atoms with Gasteiger partial charge in [0.1, 0.15) is 10.9 Å². The smallest absolute Gasteiger partial charge is 0.139 e. The van der Waals surface area contributed by atoms with E-state index in [0.29, 0.717) is 16.5 Å². The molecule has 0 unspecified atom stereocenters. The molecule has 4 nitrogen and oxygen atoms in total. The van der Waals surface area contributed by atoms with E-state index < -0.39 is 0 Å². The second-order valence-electron chi connectivity index (χ2n) is 4.32. The number of nitrogens with zero attached hydrogens (tertiary/aromatic N) is 3. The normalized spacial score (nSPS) is 10.2. The molecule has 0 atom stereocenters. The van der Waals surface area contributed by atoms with Gasteiger partial charge in [-0.3, -0.25) is 4.68 Å². The second-order valence-corrected chi connectivity index (χ2v) is 4.71. The first-order valence-electron chi connectivity index (χ1n) is 5.87. The fourth-order valence-electron chi connectivity index (χ4n) is 1.48. The van der Waals surface area contributed by atoms with Crippen LogP contribution in [-0.4, -0.2) is 20.9 Å². The maximum atomic E-state index is 5.87. The van der Waals surface area contributed by atoms with Crippen LogP contribution in [0.5, 0.6) is 5.75 Å². The molecule has 0 aliphatic rings. The SMILES string of the molecule is CC(C)Oc1cc(Cl)ncc1C#Cc1cnn(C)c1. The molecule has 0 aliphatic heterocycles. The van der Waals surface area contributed by atoms with Gasteiger partial charge in [0.15, 0.2) is 0 Å². The number of hydrogen-bond acceptors (Lipinski definition) is 3. The minimum Gasteiger partial charge on any atom is -0.490 e. The van der Waals surface area contributed by atoms with Crippen molar-refractivity contribution >= 4 is 11.6 Å². The highest BCUT2D eigenvalue weighted by Crippen LogP contribution is 2.21. The number of halogens is 1. The summed E-state index contributed by atoms with van der Waals surface area (Å²) >= 11 is 5.87. The van der Waals surface area contributed by atoms with Crippen molar-refractivity contribution in [2.45, 2.75) is 20.0 Å². The number of aromatic nitrogens is 3. The molecule has 2 aromatic rings. The first kappa shape index (κ1) is 13.4. The molecule has 0 aromatic carbocycles. The summed E-state index contributed by atoms with van der Waals surface area (Å²) in [5.41, 5.74) is 1.55. The molecule has 0 aliphatic carbocycles. The Hall–Kier alpha value is -1.99. The Labute approximate surface area is 117 Å². The van der Waals surface area contributed by atoms with Crippen molar-refractivity contribution in [3.8, 4) is 17.6 Å². The highest BCUT2D eigenvalue weighted by atomic mass is 35.5. The number of rotatable bonds is 2. The summed E-state index contributed by atoms with van der Waals surface area (Å²) in [4.78, 5) is 4.03. The Morgan fingerprint density at radius 3 is 2.74 bits per heavy atom. The fraction of sp³-hybridized carbons (Fsp3) is 0.286. The van der Waals surface area contributed by atoms with Gasteiger partial charge in [-0.15, -0.1) is 0 Å². The summed E-state index contributed by atoms with van der Waals surface area (Å²) in [6.45, 7) is 3.90. The van der Waals surface area contributed by atoms with Crippen LogP contribution in [0.25, 0.3) is 0 Å². The molecule has 0 amide bonds. The van der Waals surface area contributed by atoms with Gasteiger partial charge in [0.05, 0.1) is 23.4 Å². The lowest BCUT2D eigenvalue weighted by molar-refractivity contribution is 0.241. The molecule has 0 saturated heterocycles. The van der Waals surface area contributed by atoms with Gasteiger partial charge in [0.25, 0.3) is 0 Å². The molecule has 5 heteroatoms. The van der Waals surface area contributed by atoms with Gasteiger partial charge in [0.2, 0.25) is 0 Å². The number of hydrogen-bond donors (Lipinski definition) is 0. The van der Waals surface area contributed by atoms with Gasteiger partial charge in [-0.2, -0.15) is 5.10 Å². The maximum Gasteiger partial charge on any atom is 0.139 e. The Balaban J connectivity index is 2.31. The second kappa shape index (κ2) is 5.77. The summed E-state index contributed by atoms with van der Waals surface area (Å²) < 4.78 is 7.38. The molecule has 0 fully saturated rings. The average molecular weight is 276 g/mol. The van der Waals surface area contributed by atoms with Crippen molar-refractivity contribution < 1.29 is 4.74 Å². The predicted molar refractivity (Wildman–Crippen MR) is 74.2 cm³/mol. The van der Waals surface area contributed by atoms with E-state index in [9.17, 15) is 0 Å². The molecule has 0 radical (unpaired) electrons. The third kappa shape index (κ3) is 3.73. The largest absolute Gasteiger partial charge is 0.490 e. The number of aryl methyl sites for hydroxylation is 1. The molecule has 2 aromatic heterocycles. The molecule has 19 heavy (non-hydrogen) atoms. The van der Waals surface area contributed by atoms with Crippen LogP contribution in [0.3, 0.4) is 0 Å². The third-order valence-corrected chi connectivity index (χ3v) is 2.45. The Morgan fingerprint density at radius 2 is 2.11 bits per heavy atom. The summed E-state index contributed by atoms with van der Waals surface area (Å²) in [7, 11) is 1.85. The van der Waals surface area contributed by atoms with Crippen molar-refractivity contribution in [2.75, 3.05) is 0 Å². The van der Waals surface area contributed by atoms with Crippen LogP contribution >= 0.6 is 11.6 Å². The van der Waals surface area contributed by atoms with Gasteiger partial charge < -0.3 is 4.74 Å². The lowest BCUT2D eigenvalue weighted by atomic mass is 10.2. The van der Waals surface area contributed by atoms with Crippen LogP contribution in [0.1, 0.15) is 25.0 Å². The van der Waals surface area contributed by atoms with E-state index in [1.807, 2.05) is 27.1 Å². The van der Waals surface area contributed by atoms with Gasteiger partial charge in [0, 0.05) is 25.5 Å². The van der Waals surface area contributed by atoms with Crippen LogP contribution in [-0.2, 0) is 7.05 Å². The Kier molecular flexibility index (Phi) is 4.08. The quantitative estimate of drug-likeness (QED) is 0.625. The van der Waals surface area contributed by atoms with Gasteiger partial charge in [-0.25, -0.2) is 4.98 Å². The van der Waals surface area contributed by atoms with Crippen LogP contribution in [0.2, 0.25) is 5.15 Å². The monoisotopic (exact) mass is 275 g/mol. The minimum atomic E-state index is 0.0532. The zero-order chi connectivity index (χ0) is 13.8. The average Bonchev–Trinajstić information content (AvgIpc) is 2.73. The van der Waals surface area contributed by atoms with Crippen molar-refractivity contribution in [1.82, 2.24) is 14.8 Å². The standard InChI is InChI=1S/C14H14ClN3O/c1-10(2)19-13-6-14(15)16-8-12(13)5-4-11-7-17-18(3)9-11/h6-10H,1-3H3. The van der Waals surface area contributed by atoms with Crippen LogP contribution in [0.15, 0.2) is 24.7 Å². The van der Waals surface area contributed by atoms with Crippen LogP contribution in [0, 0.1) is 11.8 Å². The van der Waals surface area contributed by atoms with Crippen molar-refractivity contribution in [1.29, 1.82) is 0 Å². The first-order valence-corrected chi connectivity index (χ1v) is 6.25. The van der Waals surface area contributed by atoms with Crippen molar-refractivity contribution in [3.63, 3.8) is 0 Å². The van der Waals surface area contributed by atoms with E-state index >= 15 is 0 Å². The van der Waals surface area contributed by atoms with Crippen molar-refractivity contribution in [2.24, 2.45) is 7.05 Å². The molecular formula is C14H14ClN3O. The van der Waals surface area contributed by atoms with Gasteiger partial charge in [-0.05, 0) is 13.8 Å². The van der Waals surface area contributed by atoms with Crippen molar-refractivity contribution in [3.05, 3.63) is 40.9 Å². The zero-order valence-corrected chi connectivity index (χ0v) is 11.8. The Bertz CT molecular complexity index is 638. The van der Waals surface area contributed by atoms with E-state index in [-0.39, 0.29) is 6.10 Å². The first-order chi connectivity index (χ1) is 9.04.